The number of halogens is 2. The van der Waals surface area contributed by atoms with Crippen LogP contribution in [-0.4, -0.2) is 31.6 Å². The number of amides is 1. The summed E-state index contributed by atoms with van der Waals surface area (Å²) in [4.78, 5) is 14.3. The Hall–Kier alpha value is -0.710. The van der Waals surface area contributed by atoms with Crippen molar-refractivity contribution in [2.45, 2.75) is 6.43 Å². The SMILES string of the molecule is CON(C)C(=O)C(F)F. The van der Waals surface area contributed by atoms with E-state index >= 15 is 0 Å². The maximum Gasteiger partial charge on any atom is 0.317 e. The third-order valence-electron chi connectivity index (χ3n) is 0.771. The summed E-state index contributed by atoms with van der Waals surface area (Å²) in [6, 6.07) is 0. The highest BCUT2D eigenvalue weighted by Gasteiger charge is 2.19. The lowest BCUT2D eigenvalue weighted by Crippen LogP contribution is -2.30. The lowest BCUT2D eigenvalue weighted by Gasteiger charge is -2.11. The molecule has 0 aromatic heterocycles. The van der Waals surface area contributed by atoms with Gasteiger partial charge in [-0.05, 0) is 0 Å². The zero-order valence-electron chi connectivity index (χ0n) is 5.10. The van der Waals surface area contributed by atoms with Crippen LogP contribution < -0.4 is 0 Å². The van der Waals surface area contributed by atoms with E-state index in [1.54, 1.807) is 0 Å². The van der Waals surface area contributed by atoms with Gasteiger partial charge in [0.05, 0.1) is 7.11 Å². The third kappa shape index (κ3) is 2.36. The number of hydrogen-bond donors (Lipinski definition) is 0. The molecule has 0 fully saturated rings. The standard InChI is InChI=1S/C4H7F2NO2/c1-7(9-2)4(8)3(5)6/h3H,1-2H3. The predicted octanol–water partition coefficient (Wildman–Crippen LogP) is 0.271. The van der Waals surface area contributed by atoms with Crippen LogP contribution in [0.1, 0.15) is 0 Å². The molecule has 0 heterocycles. The summed E-state index contributed by atoms with van der Waals surface area (Å²) in [6.07, 6.45) is -2.99. The van der Waals surface area contributed by atoms with Gasteiger partial charge >= 0.3 is 12.3 Å². The van der Waals surface area contributed by atoms with E-state index in [-0.39, 0.29) is 0 Å². The average Bonchev–Trinajstić information content (AvgIpc) is 1.84. The minimum atomic E-state index is -2.99. The van der Waals surface area contributed by atoms with Crippen LogP contribution in [0.4, 0.5) is 8.78 Å². The van der Waals surface area contributed by atoms with E-state index in [1.165, 1.54) is 0 Å². The summed E-state index contributed by atoms with van der Waals surface area (Å²) in [6.45, 7) is 0. The topological polar surface area (TPSA) is 29.5 Å². The highest BCUT2D eigenvalue weighted by atomic mass is 19.3. The fourth-order valence-corrected chi connectivity index (χ4v) is 0.227. The van der Waals surface area contributed by atoms with E-state index in [1.807, 2.05) is 0 Å². The average molecular weight is 139 g/mol. The van der Waals surface area contributed by atoms with Crippen LogP contribution in [0.25, 0.3) is 0 Å². The molecule has 0 saturated heterocycles. The van der Waals surface area contributed by atoms with Crippen molar-refractivity contribution in [3.63, 3.8) is 0 Å². The van der Waals surface area contributed by atoms with Crippen LogP contribution in [0.2, 0.25) is 0 Å². The Morgan fingerprint density at radius 3 is 2.22 bits per heavy atom. The van der Waals surface area contributed by atoms with Crippen LogP contribution in [-0.2, 0) is 9.63 Å². The summed E-state index contributed by atoms with van der Waals surface area (Å²) >= 11 is 0. The van der Waals surface area contributed by atoms with Crippen molar-refractivity contribution in [2.24, 2.45) is 0 Å². The van der Waals surface area contributed by atoms with Gasteiger partial charge < -0.3 is 0 Å². The molecule has 0 rings (SSSR count). The molecule has 0 aliphatic carbocycles. The molecular weight excluding hydrogens is 132 g/mol. The van der Waals surface area contributed by atoms with Gasteiger partial charge in [-0.1, -0.05) is 0 Å². The maximum atomic E-state index is 11.4. The first-order valence-electron chi connectivity index (χ1n) is 2.19. The van der Waals surface area contributed by atoms with Crippen LogP contribution in [0, 0.1) is 0 Å². The summed E-state index contributed by atoms with van der Waals surface area (Å²) in [5.74, 6) is -1.34. The smallest absolute Gasteiger partial charge is 0.274 e. The monoisotopic (exact) mass is 139 g/mol. The fourth-order valence-electron chi connectivity index (χ4n) is 0.227. The molecule has 9 heavy (non-hydrogen) atoms. The van der Waals surface area contributed by atoms with E-state index in [0.717, 1.165) is 14.2 Å². The molecular formula is C4H7F2NO2. The molecule has 0 aliphatic heterocycles. The van der Waals surface area contributed by atoms with Crippen molar-refractivity contribution in [1.29, 1.82) is 0 Å². The van der Waals surface area contributed by atoms with Crippen molar-refractivity contribution in [3.05, 3.63) is 0 Å². The Balaban J connectivity index is 3.73. The Morgan fingerprint density at radius 2 is 2.11 bits per heavy atom. The van der Waals surface area contributed by atoms with Gasteiger partial charge in [0.1, 0.15) is 0 Å². The first kappa shape index (κ1) is 8.29. The van der Waals surface area contributed by atoms with E-state index in [4.69, 9.17) is 0 Å². The van der Waals surface area contributed by atoms with Crippen molar-refractivity contribution in [1.82, 2.24) is 5.06 Å². The Kier molecular flexibility index (Phi) is 3.08. The molecule has 3 nitrogen and oxygen atoms in total. The molecule has 0 bridgehead atoms. The van der Waals surface area contributed by atoms with Gasteiger partial charge in [-0.25, -0.2) is 5.06 Å². The van der Waals surface area contributed by atoms with Crippen LogP contribution in [0.15, 0.2) is 0 Å². The van der Waals surface area contributed by atoms with Gasteiger partial charge in [-0.2, -0.15) is 8.78 Å². The van der Waals surface area contributed by atoms with E-state index in [9.17, 15) is 13.6 Å². The Morgan fingerprint density at radius 1 is 1.67 bits per heavy atom. The van der Waals surface area contributed by atoms with Gasteiger partial charge in [0, 0.05) is 7.05 Å². The molecule has 0 N–H and O–H groups in total. The molecule has 0 aromatic rings. The van der Waals surface area contributed by atoms with Gasteiger partial charge in [0.15, 0.2) is 0 Å². The second-order valence-corrected chi connectivity index (χ2v) is 1.32. The lowest BCUT2D eigenvalue weighted by atomic mass is 10.6. The molecule has 0 aliphatic rings. The van der Waals surface area contributed by atoms with E-state index < -0.39 is 12.3 Å². The largest absolute Gasteiger partial charge is 0.317 e. The molecule has 0 saturated carbocycles. The van der Waals surface area contributed by atoms with Crippen LogP contribution >= 0.6 is 0 Å². The van der Waals surface area contributed by atoms with Crippen molar-refractivity contribution in [2.75, 3.05) is 14.2 Å². The number of alkyl halides is 2. The van der Waals surface area contributed by atoms with Crippen molar-refractivity contribution in [3.8, 4) is 0 Å². The van der Waals surface area contributed by atoms with Crippen molar-refractivity contribution < 1.29 is 18.4 Å². The Labute approximate surface area is 51.2 Å². The highest BCUT2D eigenvalue weighted by molar-refractivity contribution is 5.77. The molecule has 54 valence electrons. The molecule has 0 atom stereocenters. The number of carbonyl (C=O) groups is 1. The van der Waals surface area contributed by atoms with E-state index in [2.05, 4.69) is 4.84 Å². The number of rotatable bonds is 2. The van der Waals surface area contributed by atoms with Gasteiger partial charge in [-0.3, -0.25) is 9.63 Å². The third-order valence-corrected chi connectivity index (χ3v) is 0.771. The number of hydrogen-bond acceptors (Lipinski definition) is 2. The van der Waals surface area contributed by atoms with Crippen molar-refractivity contribution >= 4 is 5.91 Å². The molecule has 0 aromatic carbocycles. The zero-order chi connectivity index (χ0) is 7.44. The van der Waals surface area contributed by atoms with E-state index in [0.29, 0.717) is 5.06 Å². The first-order valence-corrected chi connectivity index (χ1v) is 2.19. The lowest BCUT2D eigenvalue weighted by molar-refractivity contribution is -0.180. The minimum Gasteiger partial charge on any atom is -0.274 e. The number of carbonyl (C=O) groups excluding carboxylic acids is 1. The summed E-state index contributed by atoms with van der Waals surface area (Å²) in [5, 5.41) is 0.477. The first-order chi connectivity index (χ1) is 4.09. The molecule has 0 radical (unpaired) electrons. The summed E-state index contributed by atoms with van der Waals surface area (Å²) in [5.41, 5.74) is 0. The molecule has 0 spiro atoms. The van der Waals surface area contributed by atoms with Crippen LogP contribution in [0.5, 0.6) is 0 Å². The molecule has 0 unspecified atom stereocenters. The summed E-state index contributed by atoms with van der Waals surface area (Å²) in [7, 11) is 2.26. The quantitative estimate of drug-likeness (QED) is 0.514. The minimum absolute atomic E-state index is 0.477. The number of hydroxylamine groups is 2. The normalized spacial score (nSPS) is 9.89. The maximum absolute atomic E-state index is 11.4. The fraction of sp³-hybridized carbons (Fsp3) is 0.750. The summed E-state index contributed by atoms with van der Waals surface area (Å²) < 4.78 is 22.8. The van der Waals surface area contributed by atoms with Gasteiger partial charge in [0.2, 0.25) is 0 Å². The zero-order valence-corrected chi connectivity index (χ0v) is 5.10. The van der Waals surface area contributed by atoms with Gasteiger partial charge in [0.25, 0.3) is 0 Å². The van der Waals surface area contributed by atoms with Crippen LogP contribution in [0.3, 0.4) is 0 Å². The second-order valence-electron chi connectivity index (χ2n) is 1.32. The number of nitrogens with zero attached hydrogens (tertiary/aromatic N) is 1. The molecule has 5 heteroatoms. The highest BCUT2D eigenvalue weighted by Crippen LogP contribution is 1.96. The van der Waals surface area contributed by atoms with Gasteiger partial charge in [-0.15, -0.1) is 0 Å². The molecule has 1 amide bonds. The second kappa shape index (κ2) is 3.34. The Bertz CT molecular complexity index is 107. The predicted molar refractivity (Wildman–Crippen MR) is 25.8 cm³/mol.